The number of carbonyl (C=O) groups is 1. The lowest BCUT2D eigenvalue weighted by Crippen LogP contribution is -2.49. The van der Waals surface area contributed by atoms with Crippen molar-refractivity contribution >= 4 is 17.1 Å². The summed E-state index contributed by atoms with van der Waals surface area (Å²) in [7, 11) is 1.75. The zero-order chi connectivity index (χ0) is 28.6. The number of amides is 1. The highest BCUT2D eigenvalue weighted by Crippen LogP contribution is 2.38. The summed E-state index contributed by atoms with van der Waals surface area (Å²) < 4.78 is 37.5. The molecule has 2 aliphatic heterocycles. The molecule has 0 bridgehead atoms. The van der Waals surface area contributed by atoms with Crippen LogP contribution >= 0.6 is 0 Å². The molecule has 2 aromatic heterocycles. The monoisotopic (exact) mass is 567 g/mol. The third-order valence-corrected chi connectivity index (χ3v) is 9.17. The highest BCUT2D eigenvalue weighted by Gasteiger charge is 2.38. The van der Waals surface area contributed by atoms with E-state index in [1.54, 1.807) is 7.11 Å². The van der Waals surface area contributed by atoms with Crippen LogP contribution in [0, 0.1) is 5.92 Å². The summed E-state index contributed by atoms with van der Waals surface area (Å²) in [6.07, 6.45) is 7.56. The first-order chi connectivity index (χ1) is 19.9. The predicted octanol–water partition coefficient (Wildman–Crippen LogP) is 4.63. The van der Waals surface area contributed by atoms with Crippen LogP contribution in [0.1, 0.15) is 38.2 Å². The summed E-state index contributed by atoms with van der Waals surface area (Å²) in [6, 6.07) is 12.7. The Bertz CT molecular complexity index is 1340. The smallest absolute Gasteiger partial charge is 0.345 e. The number of carbonyl (C=O) groups excluding carboxylic acids is 1. The second-order valence-electron chi connectivity index (χ2n) is 11.6. The molecule has 2 saturated heterocycles. The third-order valence-electron chi connectivity index (χ3n) is 9.17. The molecule has 1 atom stereocenters. The Morgan fingerprint density at radius 3 is 2.37 bits per heavy atom. The molecule has 3 fully saturated rings. The van der Waals surface area contributed by atoms with Gasteiger partial charge in [0.2, 0.25) is 5.91 Å². The van der Waals surface area contributed by atoms with Crippen molar-refractivity contribution < 1.29 is 23.0 Å². The maximum atomic E-state index is 12.5. The fourth-order valence-corrected chi connectivity index (χ4v) is 6.40. The summed E-state index contributed by atoms with van der Waals surface area (Å²) >= 11 is 0. The fourth-order valence-electron chi connectivity index (χ4n) is 6.40. The number of aromatic nitrogens is 2. The molecule has 0 spiro atoms. The quantitative estimate of drug-likeness (QED) is 0.376. The van der Waals surface area contributed by atoms with Crippen LogP contribution in [-0.2, 0) is 19.9 Å². The lowest BCUT2D eigenvalue weighted by molar-refractivity contribution is -0.145. The summed E-state index contributed by atoms with van der Waals surface area (Å²) in [4.78, 5) is 19.1. The topological polar surface area (TPSA) is 62.5 Å². The first kappa shape index (κ1) is 28.1. The maximum Gasteiger partial charge on any atom is 0.345 e. The number of methoxy groups -OCH3 is 1. The van der Waals surface area contributed by atoms with Crippen LogP contribution in [-0.4, -0.2) is 91.0 Å². The first-order valence-electron chi connectivity index (χ1n) is 14.7. The minimum absolute atomic E-state index is 0.0191. The number of rotatable bonds is 9. The van der Waals surface area contributed by atoms with Gasteiger partial charge in [-0.2, -0.15) is 13.9 Å². The van der Waals surface area contributed by atoms with E-state index in [9.17, 15) is 13.6 Å². The van der Waals surface area contributed by atoms with Gasteiger partial charge in [0, 0.05) is 76.3 Å². The Hall–Kier alpha value is -3.08. The molecule has 220 valence electrons. The van der Waals surface area contributed by atoms with Crippen LogP contribution < -0.4 is 4.90 Å². The van der Waals surface area contributed by atoms with Crippen molar-refractivity contribution in [3.05, 3.63) is 54.4 Å². The molecule has 1 saturated carbocycles. The molecule has 6 rings (SSSR count). The molecule has 1 aliphatic carbocycles. The number of hydrogen-bond donors (Lipinski definition) is 0. The van der Waals surface area contributed by atoms with Gasteiger partial charge in [0.05, 0.1) is 23.4 Å². The number of piperidine rings is 1. The number of anilines is 1. The Morgan fingerprint density at radius 1 is 1.02 bits per heavy atom. The number of likely N-dealkylation sites (tertiary alicyclic amines) is 1. The summed E-state index contributed by atoms with van der Waals surface area (Å²) in [5.74, 6) is 0.594. The maximum absolute atomic E-state index is 12.5. The van der Waals surface area contributed by atoms with Crippen molar-refractivity contribution in [2.45, 2.75) is 50.9 Å². The Morgan fingerprint density at radius 2 is 1.73 bits per heavy atom. The van der Waals surface area contributed by atoms with Gasteiger partial charge in [-0.3, -0.25) is 9.69 Å². The molecule has 0 unspecified atom stereocenters. The van der Waals surface area contributed by atoms with Crippen LogP contribution in [0.4, 0.5) is 14.5 Å². The molecule has 1 aromatic carbocycles. The largest absolute Gasteiger partial charge is 0.373 e. The van der Waals surface area contributed by atoms with E-state index >= 15 is 0 Å². The van der Waals surface area contributed by atoms with E-state index in [0.29, 0.717) is 5.91 Å². The standard InChI is InChI=1S/C31H39F2N5O3/c1-22(21-41-30(32)33)35-13-10-31(40-2,11-14-35)26-7-5-23(6-8-26)25-19-28-27(9-12-34-38(28)20-25)36-15-17-37(18-16-36)29(39)24-3-4-24/h5-9,12,19-20,22,24,30H,3-4,10-11,13-18,21H2,1-2H3/t22-/m1/s1. The van der Waals surface area contributed by atoms with Crippen LogP contribution in [0.3, 0.4) is 0 Å². The average Bonchev–Trinajstić information content (AvgIpc) is 3.77. The molecular formula is C31H39F2N5O3. The Balaban J connectivity index is 1.14. The molecule has 10 heteroatoms. The second-order valence-corrected chi connectivity index (χ2v) is 11.6. The van der Waals surface area contributed by atoms with Gasteiger partial charge >= 0.3 is 6.61 Å². The number of piperazine rings is 1. The summed E-state index contributed by atoms with van der Waals surface area (Å²) in [5, 5.41) is 4.57. The van der Waals surface area contributed by atoms with Crippen molar-refractivity contribution in [1.29, 1.82) is 0 Å². The van der Waals surface area contributed by atoms with Crippen LogP contribution in [0.15, 0.2) is 48.8 Å². The zero-order valence-corrected chi connectivity index (χ0v) is 23.8. The SMILES string of the molecule is COC1(c2ccc(-c3cc4c(N5CCN(C(=O)C6CC6)CC5)ccnn4c3)cc2)CCN([C@H](C)COC(F)F)CC1. The molecule has 4 heterocycles. The van der Waals surface area contributed by atoms with Crippen molar-refractivity contribution in [1.82, 2.24) is 19.4 Å². The molecule has 1 amide bonds. The summed E-state index contributed by atoms with van der Waals surface area (Å²) in [5.41, 5.74) is 5.11. The number of alkyl halides is 2. The first-order valence-corrected chi connectivity index (χ1v) is 14.7. The minimum atomic E-state index is -2.74. The Kier molecular flexibility index (Phi) is 7.98. The zero-order valence-electron chi connectivity index (χ0n) is 23.8. The van der Waals surface area contributed by atoms with E-state index in [1.165, 1.54) is 0 Å². The van der Waals surface area contributed by atoms with Crippen LogP contribution in [0.2, 0.25) is 0 Å². The van der Waals surface area contributed by atoms with Gasteiger partial charge < -0.3 is 19.3 Å². The fraction of sp³-hybridized carbons (Fsp3) is 0.548. The van der Waals surface area contributed by atoms with Gasteiger partial charge in [-0.05, 0) is 55.9 Å². The number of ether oxygens (including phenoxy) is 2. The van der Waals surface area contributed by atoms with Gasteiger partial charge in [-0.1, -0.05) is 24.3 Å². The van der Waals surface area contributed by atoms with E-state index < -0.39 is 12.2 Å². The van der Waals surface area contributed by atoms with E-state index in [4.69, 9.17) is 4.74 Å². The van der Waals surface area contributed by atoms with Crippen molar-refractivity contribution in [2.24, 2.45) is 5.92 Å². The van der Waals surface area contributed by atoms with Crippen LogP contribution in [0.5, 0.6) is 0 Å². The predicted molar refractivity (Wildman–Crippen MR) is 153 cm³/mol. The van der Waals surface area contributed by atoms with E-state index in [2.05, 4.69) is 62.2 Å². The summed E-state index contributed by atoms with van der Waals surface area (Å²) in [6.45, 7) is 3.89. The molecule has 0 N–H and O–H groups in total. The lowest BCUT2D eigenvalue weighted by atomic mass is 9.83. The van der Waals surface area contributed by atoms with Gasteiger partial charge in [-0.25, -0.2) is 4.52 Å². The number of hydrogen-bond acceptors (Lipinski definition) is 6. The molecular weight excluding hydrogens is 528 g/mol. The second kappa shape index (κ2) is 11.7. The van der Waals surface area contributed by atoms with Crippen molar-refractivity contribution in [2.75, 3.05) is 57.9 Å². The minimum Gasteiger partial charge on any atom is -0.373 e. The van der Waals surface area contributed by atoms with Gasteiger partial charge in [-0.15, -0.1) is 0 Å². The van der Waals surface area contributed by atoms with Gasteiger partial charge in [0.1, 0.15) is 0 Å². The van der Waals surface area contributed by atoms with E-state index in [-0.39, 0.29) is 18.6 Å². The number of halogens is 2. The van der Waals surface area contributed by atoms with Crippen molar-refractivity contribution in [3.8, 4) is 11.1 Å². The normalized spacial score (nSPS) is 20.6. The average molecular weight is 568 g/mol. The lowest BCUT2D eigenvalue weighted by Gasteiger charge is -2.43. The molecule has 0 radical (unpaired) electrons. The van der Waals surface area contributed by atoms with Gasteiger partial charge in [0.25, 0.3) is 0 Å². The Labute approximate surface area is 239 Å². The number of benzene rings is 1. The molecule has 8 nitrogen and oxygen atoms in total. The van der Waals surface area contributed by atoms with E-state index in [0.717, 1.165) is 92.8 Å². The number of nitrogens with zero attached hydrogens (tertiary/aromatic N) is 5. The number of fused-ring (bicyclic) bond motifs is 1. The van der Waals surface area contributed by atoms with Crippen molar-refractivity contribution in [3.63, 3.8) is 0 Å². The van der Waals surface area contributed by atoms with E-state index in [1.807, 2.05) is 22.5 Å². The molecule has 41 heavy (non-hydrogen) atoms. The van der Waals surface area contributed by atoms with Crippen LogP contribution in [0.25, 0.3) is 16.6 Å². The highest BCUT2D eigenvalue weighted by atomic mass is 19.3. The van der Waals surface area contributed by atoms with Gasteiger partial charge in [0.15, 0.2) is 0 Å². The molecule has 3 aliphatic rings. The highest BCUT2D eigenvalue weighted by molar-refractivity contribution is 5.82. The third kappa shape index (κ3) is 5.82. The molecule has 3 aromatic rings.